The average Bonchev–Trinajstić information content (AvgIpc) is 2.28. The fraction of sp³-hybridized carbons (Fsp3) is 0.538. The maximum atomic E-state index is 11.7. The highest BCUT2D eigenvalue weighted by Crippen LogP contribution is 2.27. The van der Waals surface area contributed by atoms with Gasteiger partial charge in [0.05, 0.1) is 6.10 Å². The Morgan fingerprint density at radius 2 is 1.84 bits per heavy atom. The second-order valence-corrected chi connectivity index (χ2v) is 7.18. The van der Waals surface area contributed by atoms with Gasteiger partial charge in [-0.25, -0.2) is 0 Å². The van der Waals surface area contributed by atoms with Crippen molar-refractivity contribution in [2.24, 2.45) is 0 Å². The van der Waals surface area contributed by atoms with E-state index in [1.165, 1.54) is 0 Å². The highest BCUT2D eigenvalue weighted by molar-refractivity contribution is 9.10. The Morgan fingerprint density at radius 1 is 1.26 bits per heavy atom. The van der Waals surface area contributed by atoms with E-state index in [2.05, 4.69) is 15.9 Å². The van der Waals surface area contributed by atoms with Gasteiger partial charge in [-0.15, -0.1) is 0 Å². The van der Waals surface area contributed by atoms with Crippen LogP contribution in [0.5, 0.6) is 5.75 Å². The predicted octanol–water partition coefficient (Wildman–Crippen LogP) is 3.30. The van der Waals surface area contributed by atoms with Crippen molar-refractivity contribution in [1.82, 2.24) is 0 Å². The molecule has 0 N–H and O–H groups in total. The lowest BCUT2D eigenvalue weighted by molar-refractivity contribution is 0.123. The molecule has 2 rings (SSSR count). The minimum Gasteiger partial charge on any atom is -0.475 e. The molecule has 6 heteroatoms. The number of hydrogen-bond acceptors (Lipinski definition) is 4. The fourth-order valence-electron chi connectivity index (χ4n) is 1.83. The molecule has 1 aliphatic rings. The molecule has 1 saturated carbocycles. The molecule has 0 aromatic heterocycles. The van der Waals surface area contributed by atoms with Crippen molar-refractivity contribution >= 4 is 26.0 Å². The molecule has 0 aliphatic heterocycles. The van der Waals surface area contributed by atoms with Crippen LogP contribution < -0.4 is 4.74 Å². The van der Waals surface area contributed by atoms with Gasteiger partial charge < -0.3 is 4.74 Å². The first-order valence-corrected chi connectivity index (χ1v) is 8.55. The minimum absolute atomic E-state index is 0.151. The van der Waals surface area contributed by atoms with Gasteiger partial charge in [0.15, 0.2) is 0 Å². The van der Waals surface area contributed by atoms with E-state index in [-0.39, 0.29) is 6.10 Å². The van der Waals surface area contributed by atoms with Crippen LogP contribution in [0.4, 0.5) is 0 Å². The summed E-state index contributed by atoms with van der Waals surface area (Å²) in [6.45, 7) is 3.87. The number of rotatable bonds is 5. The molecule has 1 aliphatic carbocycles. The molecule has 0 bridgehead atoms. The summed E-state index contributed by atoms with van der Waals surface area (Å²) in [5.41, 5.74) is 2.01. The van der Waals surface area contributed by atoms with E-state index in [4.69, 9.17) is 8.92 Å². The SMILES string of the molecule is Cc1cc(OCS(=O)(=O)OC2CCC2)cc(C)c1Br. The highest BCUT2D eigenvalue weighted by atomic mass is 79.9. The largest absolute Gasteiger partial charge is 0.475 e. The standard InChI is InChI=1S/C13H17BrO4S/c1-9-6-12(7-10(2)13(9)14)17-8-19(15,16)18-11-4-3-5-11/h6-7,11H,3-5,8H2,1-2H3. The quantitative estimate of drug-likeness (QED) is 0.766. The Labute approximate surface area is 122 Å². The van der Waals surface area contributed by atoms with E-state index in [1.807, 2.05) is 13.8 Å². The maximum absolute atomic E-state index is 11.7. The van der Waals surface area contributed by atoms with Crippen LogP contribution >= 0.6 is 15.9 Å². The summed E-state index contributed by atoms with van der Waals surface area (Å²) in [6.07, 6.45) is 2.51. The summed E-state index contributed by atoms with van der Waals surface area (Å²) in [6, 6.07) is 3.60. The summed E-state index contributed by atoms with van der Waals surface area (Å²) in [5, 5.41) is 0. The molecule has 4 nitrogen and oxygen atoms in total. The molecule has 19 heavy (non-hydrogen) atoms. The Hall–Kier alpha value is -0.590. The first-order valence-electron chi connectivity index (χ1n) is 6.18. The third kappa shape index (κ3) is 3.94. The topological polar surface area (TPSA) is 52.6 Å². The van der Waals surface area contributed by atoms with Crippen LogP contribution in [0, 0.1) is 13.8 Å². The van der Waals surface area contributed by atoms with E-state index >= 15 is 0 Å². The van der Waals surface area contributed by atoms with Gasteiger partial charge in [-0.05, 0) is 56.4 Å². The van der Waals surface area contributed by atoms with Crippen LogP contribution in [-0.4, -0.2) is 20.5 Å². The van der Waals surface area contributed by atoms with Crippen molar-refractivity contribution in [2.45, 2.75) is 39.2 Å². The molecule has 0 saturated heterocycles. The van der Waals surface area contributed by atoms with Crippen LogP contribution in [0.15, 0.2) is 16.6 Å². The van der Waals surface area contributed by atoms with E-state index in [0.29, 0.717) is 5.75 Å². The fourth-order valence-corrected chi connectivity index (χ4v) is 3.00. The Balaban J connectivity index is 1.98. The van der Waals surface area contributed by atoms with Crippen molar-refractivity contribution in [3.8, 4) is 5.75 Å². The molecule has 0 radical (unpaired) electrons. The summed E-state index contributed by atoms with van der Waals surface area (Å²) in [7, 11) is -3.61. The average molecular weight is 349 g/mol. The molecule has 0 atom stereocenters. The van der Waals surface area contributed by atoms with E-state index in [0.717, 1.165) is 34.9 Å². The first kappa shape index (κ1) is 14.8. The predicted molar refractivity (Wildman–Crippen MR) is 76.8 cm³/mol. The molecule has 1 aromatic carbocycles. The van der Waals surface area contributed by atoms with Crippen molar-refractivity contribution < 1.29 is 17.3 Å². The summed E-state index contributed by atoms with van der Waals surface area (Å²) in [4.78, 5) is 0. The van der Waals surface area contributed by atoms with Gasteiger partial charge in [-0.2, -0.15) is 8.42 Å². The van der Waals surface area contributed by atoms with Crippen LogP contribution in [-0.2, 0) is 14.3 Å². The monoisotopic (exact) mass is 348 g/mol. The number of halogens is 1. The zero-order chi connectivity index (χ0) is 14.0. The molecular weight excluding hydrogens is 332 g/mol. The summed E-state index contributed by atoms with van der Waals surface area (Å²) >= 11 is 3.46. The smallest absolute Gasteiger partial charge is 0.303 e. The third-order valence-electron chi connectivity index (χ3n) is 3.11. The second kappa shape index (κ2) is 5.81. The van der Waals surface area contributed by atoms with Gasteiger partial charge in [0.1, 0.15) is 5.75 Å². The molecule has 0 spiro atoms. The molecule has 106 valence electrons. The molecule has 0 unspecified atom stereocenters. The lowest BCUT2D eigenvalue weighted by Crippen LogP contribution is -2.27. The molecule has 0 heterocycles. The Morgan fingerprint density at radius 3 is 2.32 bits per heavy atom. The lowest BCUT2D eigenvalue weighted by Gasteiger charge is -2.24. The summed E-state index contributed by atoms with van der Waals surface area (Å²) < 4.78 is 34.7. The molecular formula is C13H17BrO4S. The van der Waals surface area contributed by atoms with Gasteiger partial charge in [-0.3, -0.25) is 4.18 Å². The first-order chi connectivity index (χ1) is 8.87. The van der Waals surface area contributed by atoms with Crippen LogP contribution in [0.25, 0.3) is 0 Å². The highest BCUT2D eigenvalue weighted by Gasteiger charge is 2.25. The number of hydrogen-bond donors (Lipinski definition) is 0. The van der Waals surface area contributed by atoms with Crippen molar-refractivity contribution in [1.29, 1.82) is 0 Å². The summed E-state index contributed by atoms with van der Waals surface area (Å²) in [5.74, 6) is 0.100. The zero-order valence-electron chi connectivity index (χ0n) is 11.0. The van der Waals surface area contributed by atoms with Crippen molar-refractivity contribution in [2.75, 3.05) is 5.94 Å². The molecule has 1 fully saturated rings. The Kier molecular flexibility index (Phi) is 4.53. The van der Waals surface area contributed by atoms with Crippen LogP contribution in [0.1, 0.15) is 30.4 Å². The van der Waals surface area contributed by atoms with Crippen molar-refractivity contribution in [3.63, 3.8) is 0 Å². The van der Waals surface area contributed by atoms with Crippen LogP contribution in [0.3, 0.4) is 0 Å². The van der Waals surface area contributed by atoms with E-state index in [9.17, 15) is 8.42 Å². The minimum atomic E-state index is -3.61. The van der Waals surface area contributed by atoms with Gasteiger partial charge in [0.25, 0.3) is 0 Å². The second-order valence-electron chi connectivity index (χ2n) is 4.84. The maximum Gasteiger partial charge on any atom is 0.303 e. The Bertz CT molecular complexity index is 541. The molecule has 0 amide bonds. The normalized spacial score (nSPS) is 16.2. The van der Waals surface area contributed by atoms with Crippen LogP contribution in [0.2, 0.25) is 0 Å². The van der Waals surface area contributed by atoms with E-state index in [1.54, 1.807) is 12.1 Å². The van der Waals surface area contributed by atoms with Gasteiger partial charge >= 0.3 is 10.1 Å². The zero-order valence-corrected chi connectivity index (χ0v) is 13.4. The van der Waals surface area contributed by atoms with Crippen molar-refractivity contribution in [3.05, 3.63) is 27.7 Å². The molecule has 1 aromatic rings. The van der Waals surface area contributed by atoms with E-state index < -0.39 is 16.1 Å². The van der Waals surface area contributed by atoms with Gasteiger partial charge in [-0.1, -0.05) is 15.9 Å². The van der Waals surface area contributed by atoms with Gasteiger partial charge in [0.2, 0.25) is 5.94 Å². The number of ether oxygens (including phenoxy) is 1. The number of benzene rings is 1. The van der Waals surface area contributed by atoms with Gasteiger partial charge in [0, 0.05) is 4.47 Å². The third-order valence-corrected chi connectivity index (χ3v) is 5.34. The number of aryl methyl sites for hydroxylation is 2. The lowest BCUT2D eigenvalue weighted by atomic mass is 9.97.